The quantitative estimate of drug-likeness (QED) is 0.841. The molecule has 3 nitrogen and oxygen atoms in total. The van der Waals surface area contributed by atoms with Gasteiger partial charge in [-0.25, -0.2) is 0 Å². The molecule has 3 heteroatoms. The topological polar surface area (TPSA) is 30.5 Å². The summed E-state index contributed by atoms with van der Waals surface area (Å²) in [6, 6.07) is 18.6. The summed E-state index contributed by atoms with van der Waals surface area (Å²) < 4.78 is 11.5. The summed E-state index contributed by atoms with van der Waals surface area (Å²) in [5, 5.41) is 3.47. The number of para-hydroxylation sites is 2. The highest BCUT2D eigenvalue weighted by atomic mass is 16.5. The van der Waals surface area contributed by atoms with Gasteiger partial charge in [0.05, 0.1) is 11.8 Å². The maximum absolute atomic E-state index is 5.94. The molecule has 116 valence electrons. The lowest BCUT2D eigenvalue weighted by Gasteiger charge is -2.15. The van der Waals surface area contributed by atoms with Gasteiger partial charge in [0.1, 0.15) is 12.4 Å². The van der Waals surface area contributed by atoms with E-state index in [9.17, 15) is 0 Å². The molecule has 2 aromatic rings. The van der Waals surface area contributed by atoms with E-state index in [1.165, 1.54) is 5.56 Å². The number of benzene rings is 2. The van der Waals surface area contributed by atoms with Crippen LogP contribution in [0.25, 0.3) is 0 Å². The van der Waals surface area contributed by atoms with Gasteiger partial charge in [-0.15, -0.1) is 0 Å². The van der Waals surface area contributed by atoms with Crippen LogP contribution in [-0.4, -0.2) is 25.9 Å². The van der Waals surface area contributed by atoms with Crippen LogP contribution >= 0.6 is 0 Å². The Morgan fingerprint density at radius 3 is 2.68 bits per heavy atom. The van der Waals surface area contributed by atoms with E-state index in [2.05, 4.69) is 35.6 Å². The molecular weight excluding hydrogens is 274 g/mol. The van der Waals surface area contributed by atoms with E-state index in [0.717, 1.165) is 43.9 Å². The number of hydrogen-bond acceptors (Lipinski definition) is 3. The number of ether oxygens (including phenoxy) is 2. The smallest absolute Gasteiger partial charge is 0.142 e. The van der Waals surface area contributed by atoms with Gasteiger partial charge in [-0.2, -0.15) is 0 Å². The minimum atomic E-state index is 0.248. The second-order valence-corrected chi connectivity index (χ2v) is 5.60. The van der Waals surface area contributed by atoms with Crippen molar-refractivity contribution in [1.82, 2.24) is 0 Å². The molecule has 0 aromatic heterocycles. The zero-order valence-electron chi connectivity index (χ0n) is 12.8. The monoisotopic (exact) mass is 297 g/mol. The average molecular weight is 297 g/mol. The van der Waals surface area contributed by atoms with E-state index >= 15 is 0 Å². The normalized spacial score (nSPS) is 17.4. The molecule has 22 heavy (non-hydrogen) atoms. The summed E-state index contributed by atoms with van der Waals surface area (Å²) in [5.41, 5.74) is 2.39. The van der Waals surface area contributed by atoms with E-state index in [-0.39, 0.29) is 6.10 Å². The Balaban J connectivity index is 1.51. The second kappa shape index (κ2) is 7.85. The van der Waals surface area contributed by atoms with Crippen molar-refractivity contribution in [2.45, 2.75) is 25.4 Å². The SMILES string of the molecule is c1ccc(CCNc2ccccc2OCC2CCCO2)cc1. The third-order valence-corrected chi connectivity index (χ3v) is 3.91. The van der Waals surface area contributed by atoms with Crippen LogP contribution in [0.15, 0.2) is 54.6 Å². The first-order valence-electron chi connectivity index (χ1n) is 8.03. The van der Waals surface area contributed by atoms with Gasteiger partial charge in [0.25, 0.3) is 0 Å². The average Bonchev–Trinajstić information content (AvgIpc) is 3.08. The molecule has 1 aliphatic heterocycles. The van der Waals surface area contributed by atoms with Crippen LogP contribution in [0.2, 0.25) is 0 Å². The van der Waals surface area contributed by atoms with Crippen molar-refractivity contribution in [1.29, 1.82) is 0 Å². The molecule has 2 aromatic carbocycles. The molecule has 1 N–H and O–H groups in total. The molecule has 0 bridgehead atoms. The molecule has 1 heterocycles. The number of anilines is 1. The van der Waals surface area contributed by atoms with Gasteiger partial charge in [0.15, 0.2) is 0 Å². The molecular formula is C19H23NO2. The zero-order chi connectivity index (χ0) is 15.0. The Labute approximate surface area is 132 Å². The van der Waals surface area contributed by atoms with Crippen LogP contribution in [0, 0.1) is 0 Å². The van der Waals surface area contributed by atoms with Gasteiger partial charge in [0.2, 0.25) is 0 Å². The van der Waals surface area contributed by atoms with Crippen molar-refractivity contribution in [3.63, 3.8) is 0 Å². The summed E-state index contributed by atoms with van der Waals surface area (Å²) in [5.74, 6) is 0.908. The van der Waals surface area contributed by atoms with Crippen LogP contribution in [-0.2, 0) is 11.2 Å². The van der Waals surface area contributed by atoms with Crippen LogP contribution in [0.4, 0.5) is 5.69 Å². The molecule has 1 fully saturated rings. The van der Waals surface area contributed by atoms with Gasteiger partial charge < -0.3 is 14.8 Å². The highest BCUT2D eigenvalue weighted by Crippen LogP contribution is 2.25. The largest absolute Gasteiger partial charge is 0.489 e. The molecule has 3 rings (SSSR count). The highest BCUT2D eigenvalue weighted by molar-refractivity contribution is 5.56. The minimum absolute atomic E-state index is 0.248. The van der Waals surface area contributed by atoms with Crippen LogP contribution in [0.3, 0.4) is 0 Å². The fourth-order valence-corrected chi connectivity index (χ4v) is 2.68. The second-order valence-electron chi connectivity index (χ2n) is 5.60. The third kappa shape index (κ3) is 4.25. The predicted octanol–water partition coefficient (Wildman–Crippen LogP) is 3.90. The standard InChI is InChI=1S/C19H23NO2/c1-2-7-16(8-3-1)12-13-20-18-10-4-5-11-19(18)22-15-17-9-6-14-21-17/h1-5,7-8,10-11,17,20H,6,9,12-15H2. The molecule has 1 saturated heterocycles. The zero-order valence-corrected chi connectivity index (χ0v) is 12.8. The first-order chi connectivity index (χ1) is 10.9. The summed E-state index contributed by atoms with van der Waals surface area (Å²) in [4.78, 5) is 0. The van der Waals surface area contributed by atoms with Gasteiger partial charge in [-0.05, 0) is 37.0 Å². The number of rotatable bonds is 7. The Morgan fingerprint density at radius 2 is 1.86 bits per heavy atom. The number of hydrogen-bond donors (Lipinski definition) is 1. The maximum Gasteiger partial charge on any atom is 0.142 e. The van der Waals surface area contributed by atoms with Crippen molar-refractivity contribution in [2.75, 3.05) is 25.1 Å². The van der Waals surface area contributed by atoms with Crippen molar-refractivity contribution < 1.29 is 9.47 Å². The predicted molar refractivity (Wildman–Crippen MR) is 89.5 cm³/mol. The van der Waals surface area contributed by atoms with Crippen molar-refractivity contribution in [2.24, 2.45) is 0 Å². The van der Waals surface area contributed by atoms with E-state index in [4.69, 9.17) is 9.47 Å². The van der Waals surface area contributed by atoms with Gasteiger partial charge in [-0.1, -0.05) is 42.5 Å². The summed E-state index contributed by atoms with van der Waals surface area (Å²) >= 11 is 0. The molecule has 0 saturated carbocycles. The Bertz CT molecular complexity index is 565. The minimum Gasteiger partial charge on any atom is -0.489 e. The van der Waals surface area contributed by atoms with Gasteiger partial charge >= 0.3 is 0 Å². The molecule has 0 spiro atoms. The first kappa shape index (κ1) is 14.9. The lowest BCUT2D eigenvalue weighted by molar-refractivity contribution is 0.0682. The van der Waals surface area contributed by atoms with Crippen molar-refractivity contribution in [3.05, 3.63) is 60.2 Å². The molecule has 0 aliphatic carbocycles. The lowest BCUT2D eigenvalue weighted by atomic mass is 10.1. The van der Waals surface area contributed by atoms with E-state index < -0.39 is 0 Å². The Morgan fingerprint density at radius 1 is 1.05 bits per heavy atom. The number of nitrogens with one attached hydrogen (secondary N) is 1. The lowest BCUT2D eigenvalue weighted by Crippen LogP contribution is -2.17. The molecule has 1 aliphatic rings. The van der Waals surface area contributed by atoms with Crippen LogP contribution in [0.5, 0.6) is 5.75 Å². The van der Waals surface area contributed by atoms with Crippen LogP contribution < -0.4 is 10.1 Å². The summed E-state index contributed by atoms with van der Waals surface area (Å²) in [6.07, 6.45) is 3.49. The fraction of sp³-hybridized carbons (Fsp3) is 0.368. The first-order valence-corrected chi connectivity index (χ1v) is 8.03. The fourth-order valence-electron chi connectivity index (χ4n) is 2.68. The molecule has 0 radical (unpaired) electrons. The van der Waals surface area contributed by atoms with Crippen molar-refractivity contribution in [3.8, 4) is 5.75 Å². The highest BCUT2D eigenvalue weighted by Gasteiger charge is 2.16. The third-order valence-electron chi connectivity index (χ3n) is 3.91. The molecule has 1 atom stereocenters. The molecule has 1 unspecified atom stereocenters. The van der Waals surface area contributed by atoms with Gasteiger partial charge in [-0.3, -0.25) is 0 Å². The Kier molecular flexibility index (Phi) is 5.32. The Hall–Kier alpha value is -2.00. The van der Waals surface area contributed by atoms with Crippen LogP contribution in [0.1, 0.15) is 18.4 Å². The summed E-state index contributed by atoms with van der Waals surface area (Å²) in [6.45, 7) is 2.40. The maximum atomic E-state index is 5.94. The molecule has 0 amide bonds. The van der Waals surface area contributed by atoms with E-state index in [0.29, 0.717) is 6.61 Å². The summed E-state index contributed by atoms with van der Waals surface area (Å²) in [7, 11) is 0. The van der Waals surface area contributed by atoms with Gasteiger partial charge in [0, 0.05) is 13.2 Å². The van der Waals surface area contributed by atoms with E-state index in [1.807, 2.05) is 24.3 Å². The van der Waals surface area contributed by atoms with E-state index in [1.54, 1.807) is 0 Å². The van der Waals surface area contributed by atoms with Crippen molar-refractivity contribution >= 4 is 5.69 Å².